The third kappa shape index (κ3) is 6.60. The van der Waals surface area contributed by atoms with Crippen molar-refractivity contribution >= 4 is 17.2 Å². The number of dihydropyridines is 1. The van der Waals surface area contributed by atoms with Gasteiger partial charge >= 0.3 is 5.97 Å². The summed E-state index contributed by atoms with van der Waals surface area (Å²) in [6.45, 7) is 7.88. The molecular weight excluding hydrogens is 584 g/mol. The first-order valence-corrected chi connectivity index (χ1v) is 15.3. The van der Waals surface area contributed by atoms with Crippen molar-refractivity contribution in [2.24, 2.45) is 0 Å². The molecule has 0 spiro atoms. The van der Waals surface area contributed by atoms with Crippen LogP contribution in [0.15, 0.2) is 113 Å². The summed E-state index contributed by atoms with van der Waals surface area (Å²) in [5.74, 6) is -0.982. The first-order valence-electron chi connectivity index (χ1n) is 15.3. The summed E-state index contributed by atoms with van der Waals surface area (Å²) in [5, 5.41) is 22.8. The molecule has 6 rings (SSSR count). The molecule has 2 aliphatic heterocycles. The molecule has 2 aliphatic rings. The first kappa shape index (κ1) is 30.9. The zero-order chi connectivity index (χ0) is 32.0. The van der Waals surface area contributed by atoms with Gasteiger partial charge in [0.1, 0.15) is 6.61 Å². The molecular formula is C35H36N6O5. The van der Waals surface area contributed by atoms with E-state index >= 15 is 0 Å². The Morgan fingerprint density at radius 2 is 1.65 bits per heavy atom. The number of aromatic nitrogens is 2. The fourth-order valence-electron chi connectivity index (χ4n) is 6.46. The molecule has 46 heavy (non-hydrogen) atoms. The van der Waals surface area contributed by atoms with Crippen LogP contribution in [0.5, 0.6) is 0 Å². The van der Waals surface area contributed by atoms with Gasteiger partial charge in [-0.25, -0.2) is 4.79 Å². The maximum absolute atomic E-state index is 13.8. The van der Waals surface area contributed by atoms with Crippen LogP contribution in [0, 0.1) is 10.1 Å². The Morgan fingerprint density at radius 3 is 2.26 bits per heavy atom. The number of nitro benzene ring substituents is 1. The summed E-state index contributed by atoms with van der Waals surface area (Å²) in [5.41, 5.74) is 5.23. The fourth-order valence-corrected chi connectivity index (χ4v) is 6.46. The molecule has 0 saturated carbocycles. The number of allylic oxidation sites excluding steroid dienone is 3. The van der Waals surface area contributed by atoms with Gasteiger partial charge in [-0.3, -0.25) is 19.9 Å². The normalized spacial score (nSPS) is 17.7. The van der Waals surface area contributed by atoms with Gasteiger partial charge in [-0.15, -0.1) is 10.2 Å². The van der Waals surface area contributed by atoms with Gasteiger partial charge in [0.15, 0.2) is 0 Å². The highest BCUT2D eigenvalue weighted by molar-refractivity contribution is 5.97. The number of nitrogens with zero attached hydrogens (tertiary/aromatic N) is 5. The number of ether oxygens (including phenoxy) is 1. The lowest BCUT2D eigenvalue weighted by Crippen LogP contribution is -2.48. The van der Waals surface area contributed by atoms with Crippen LogP contribution in [0.3, 0.4) is 0 Å². The lowest BCUT2D eigenvalue weighted by atomic mass is 9.80. The van der Waals surface area contributed by atoms with Gasteiger partial charge in [0, 0.05) is 61.8 Å². The summed E-state index contributed by atoms with van der Waals surface area (Å²) in [7, 11) is 0. The second-order valence-corrected chi connectivity index (χ2v) is 11.5. The van der Waals surface area contributed by atoms with Crippen LogP contribution in [0.4, 0.5) is 5.69 Å². The number of benzene rings is 3. The summed E-state index contributed by atoms with van der Waals surface area (Å²) in [4.78, 5) is 29.7. The number of nitrogens with one attached hydrogen (secondary N) is 1. The molecule has 1 aromatic heterocycles. The second-order valence-electron chi connectivity index (χ2n) is 11.5. The minimum atomic E-state index is -0.703. The number of piperazine rings is 1. The molecule has 0 aliphatic carbocycles. The Balaban J connectivity index is 1.14. The number of non-ortho nitro benzene ring substituents is 1. The highest BCUT2D eigenvalue weighted by Gasteiger charge is 2.37. The van der Waals surface area contributed by atoms with Gasteiger partial charge in [-0.2, -0.15) is 0 Å². The van der Waals surface area contributed by atoms with Gasteiger partial charge in [-0.1, -0.05) is 72.8 Å². The van der Waals surface area contributed by atoms with Crippen molar-refractivity contribution in [2.75, 3.05) is 39.3 Å². The van der Waals surface area contributed by atoms with Crippen LogP contribution in [0.1, 0.15) is 48.4 Å². The van der Waals surface area contributed by atoms with E-state index in [9.17, 15) is 14.9 Å². The van der Waals surface area contributed by atoms with Crippen LogP contribution in [-0.2, 0) is 9.53 Å². The Morgan fingerprint density at radius 1 is 0.978 bits per heavy atom. The molecule has 0 amide bonds. The molecule has 11 nitrogen and oxygen atoms in total. The van der Waals surface area contributed by atoms with E-state index in [0.717, 1.165) is 26.2 Å². The standard InChI is InChI=1S/C35H36N6O5/c1-24-30(34-38-36-23-46-34)32(28-14-9-15-29(22-28)41(43)44)31(25(2)37-24)35(42)45-21-20-39-16-18-40(19-17-39)33(26-10-5-3-6-11-26)27-12-7-4-8-13-27/h3-15,22-23,32-33,37H,16-21H2,1-2H3. The van der Waals surface area contributed by atoms with Crippen LogP contribution >= 0.6 is 0 Å². The van der Waals surface area contributed by atoms with E-state index in [1.165, 1.54) is 29.7 Å². The van der Waals surface area contributed by atoms with Crippen molar-refractivity contribution < 1.29 is 18.9 Å². The Kier molecular flexibility index (Phi) is 9.32. The van der Waals surface area contributed by atoms with Gasteiger partial charge in [-0.05, 0) is 30.5 Å². The number of hydrogen-bond donors (Lipinski definition) is 1. The van der Waals surface area contributed by atoms with Crippen molar-refractivity contribution in [3.8, 4) is 0 Å². The summed E-state index contributed by atoms with van der Waals surface area (Å²) < 4.78 is 11.4. The number of rotatable bonds is 10. The summed E-state index contributed by atoms with van der Waals surface area (Å²) in [6.07, 6.45) is 1.21. The molecule has 0 radical (unpaired) electrons. The van der Waals surface area contributed by atoms with Gasteiger partial charge in [0.25, 0.3) is 5.69 Å². The molecule has 1 atom stereocenters. The van der Waals surface area contributed by atoms with Gasteiger partial charge in [0.05, 0.1) is 22.5 Å². The van der Waals surface area contributed by atoms with E-state index in [4.69, 9.17) is 9.15 Å². The van der Waals surface area contributed by atoms with E-state index in [1.54, 1.807) is 19.1 Å². The molecule has 1 saturated heterocycles. The van der Waals surface area contributed by atoms with E-state index in [2.05, 4.69) is 73.8 Å². The van der Waals surface area contributed by atoms with Crippen molar-refractivity contribution in [3.63, 3.8) is 0 Å². The molecule has 1 fully saturated rings. The monoisotopic (exact) mass is 620 g/mol. The number of nitro groups is 1. The molecule has 0 bridgehead atoms. The molecule has 3 aromatic carbocycles. The average Bonchev–Trinajstić information content (AvgIpc) is 3.61. The van der Waals surface area contributed by atoms with Gasteiger partial charge in [0.2, 0.25) is 12.3 Å². The maximum atomic E-state index is 13.8. The molecule has 3 heterocycles. The summed E-state index contributed by atoms with van der Waals surface area (Å²) >= 11 is 0. The van der Waals surface area contributed by atoms with Crippen LogP contribution < -0.4 is 5.32 Å². The predicted molar refractivity (Wildman–Crippen MR) is 172 cm³/mol. The van der Waals surface area contributed by atoms with Crippen molar-refractivity contribution in [3.05, 3.63) is 141 Å². The fraction of sp³-hybridized carbons (Fsp3) is 0.286. The number of esters is 1. The zero-order valence-corrected chi connectivity index (χ0v) is 25.8. The molecule has 236 valence electrons. The van der Waals surface area contributed by atoms with Crippen LogP contribution in [-0.4, -0.2) is 70.2 Å². The lowest BCUT2D eigenvalue weighted by molar-refractivity contribution is -0.384. The average molecular weight is 621 g/mol. The highest BCUT2D eigenvalue weighted by Crippen LogP contribution is 2.43. The Labute approximate surface area is 267 Å². The van der Waals surface area contributed by atoms with Gasteiger partial charge < -0.3 is 14.5 Å². The zero-order valence-electron chi connectivity index (χ0n) is 25.8. The quantitative estimate of drug-likeness (QED) is 0.141. The van der Waals surface area contributed by atoms with E-state index < -0.39 is 16.8 Å². The van der Waals surface area contributed by atoms with Crippen LogP contribution in [0.2, 0.25) is 0 Å². The van der Waals surface area contributed by atoms with Crippen molar-refractivity contribution in [1.82, 2.24) is 25.3 Å². The molecule has 1 N–H and O–H groups in total. The van der Waals surface area contributed by atoms with E-state index in [0.29, 0.717) is 34.6 Å². The molecule has 4 aromatic rings. The second kappa shape index (κ2) is 13.9. The molecule has 11 heteroatoms. The Hall–Kier alpha value is -5.13. The third-order valence-corrected chi connectivity index (χ3v) is 8.63. The SMILES string of the molecule is CC1=C(C(=O)OCCN2CCN(C(c3ccccc3)c3ccccc3)CC2)C(c2cccc([N+](=O)[O-])c2)C(c2nnco2)=C(C)N1. The topological polar surface area (TPSA) is 127 Å². The van der Waals surface area contributed by atoms with Crippen molar-refractivity contribution in [2.45, 2.75) is 25.8 Å². The highest BCUT2D eigenvalue weighted by atomic mass is 16.6. The minimum Gasteiger partial charge on any atom is -0.461 e. The largest absolute Gasteiger partial charge is 0.461 e. The molecule has 1 unspecified atom stereocenters. The lowest BCUT2D eigenvalue weighted by Gasteiger charge is -2.39. The summed E-state index contributed by atoms with van der Waals surface area (Å²) in [6, 6.07) is 27.6. The number of hydrogen-bond acceptors (Lipinski definition) is 10. The first-order chi connectivity index (χ1) is 22.4. The van der Waals surface area contributed by atoms with Crippen molar-refractivity contribution in [1.29, 1.82) is 0 Å². The minimum absolute atomic E-state index is 0.0788. The number of carbonyl (C=O) groups excluding carboxylic acids is 1. The Bertz CT molecular complexity index is 1690. The predicted octanol–water partition coefficient (Wildman–Crippen LogP) is 5.32. The van der Waals surface area contributed by atoms with E-state index in [-0.39, 0.29) is 24.2 Å². The van der Waals surface area contributed by atoms with Crippen LogP contribution in [0.25, 0.3) is 5.57 Å². The van der Waals surface area contributed by atoms with E-state index in [1.807, 2.05) is 19.1 Å². The smallest absolute Gasteiger partial charge is 0.336 e. The number of carbonyl (C=O) groups is 1. The maximum Gasteiger partial charge on any atom is 0.336 e. The third-order valence-electron chi connectivity index (χ3n) is 8.63.